The molecule has 1 aliphatic carbocycles. The Hall–Kier alpha value is -0.610. The lowest BCUT2D eigenvalue weighted by Gasteiger charge is -2.20. The normalized spacial score (nSPS) is 19.1. The summed E-state index contributed by atoms with van der Waals surface area (Å²) in [5.41, 5.74) is 5.88. The molecule has 0 aromatic heterocycles. The van der Waals surface area contributed by atoms with E-state index in [1.54, 1.807) is 0 Å². The number of aliphatic hydroxyl groups excluding tert-OH is 1. The van der Waals surface area contributed by atoms with Gasteiger partial charge in [0.15, 0.2) is 0 Å². The molecule has 2 unspecified atom stereocenters. The zero-order chi connectivity index (χ0) is 12.8. The van der Waals surface area contributed by atoms with Crippen molar-refractivity contribution in [2.75, 3.05) is 6.54 Å². The zero-order valence-corrected chi connectivity index (χ0v) is 11.0. The molecule has 0 bridgehead atoms. The highest BCUT2D eigenvalue weighted by molar-refractivity contribution is 5.76. The molecular formula is C13H26N2O2. The monoisotopic (exact) mass is 242 g/mol. The van der Waals surface area contributed by atoms with Gasteiger partial charge in [0.2, 0.25) is 5.91 Å². The smallest absolute Gasteiger partial charge is 0.221 e. The van der Waals surface area contributed by atoms with E-state index in [0.717, 1.165) is 25.7 Å². The lowest BCUT2D eigenvalue weighted by molar-refractivity contribution is -0.122. The van der Waals surface area contributed by atoms with Gasteiger partial charge in [-0.25, -0.2) is 0 Å². The number of hydrogen-bond acceptors (Lipinski definition) is 3. The first-order chi connectivity index (χ1) is 8.08. The average molecular weight is 242 g/mol. The molecule has 1 amide bonds. The van der Waals surface area contributed by atoms with E-state index in [1.165, 1.54) is 0 Å². The predicted molar refractivity (Wildman–Crippen MR) is 68.4 cm³/mol. The molecule has 0 aromatic carbocycles. The Morgan fingerprint density at radius 3 is 2.47 bits per heavy atom. The molecule has 4 nitrogen and oxygen atoms in total. The zero-order valence-electron chi connectivity index (χ0n) is 11.0. The van der Waals surface area contributed by atoms with Crippen LogP contribution in [0.2, 0.25) is 0 Å². The van der Waals surface area contributed by atoms with Crippen LogP contribution >= 0.6 is 0 Å². The Morgan fingerprint density at radius 1 is 1.41 bits per heavy atom. The highest BCUT2D eigenvalue weighted by Gasteiger charge is 2.29. The van der Waals surface area contributed by atoms with E-state index in [-0.39, 0.29) is 17.9 Å². The SMILES string of the molecule is CCC(CC)C(O)CNC(=O)CC(N)C1CC1. The lowest BCUT2D eigenvalue weighted by atomic mass is 9.96. The van der Waals surface area contributed by atoms with E-state index in [9.17, 15) is 9.90 Å². The largest absolute Gasteiger partial charge is 0.391 e. The van der Waals surface area contributed by atoms with Crippen molar-refractivity contribution in [1.82, 2.24) is 5.32 Å². The van der Waals surface area contributed by atoms with Crippen LogP contribution in [0.4, 0.5) is 0 Å². The summed E-state index contributed by atoms with van der Waals surface area (Å²) in [5, 5.41) is 12.6. The quantitative estimate of drug-likeness (QED) is 0.595. The topological polar surface area (TPSA) is 75.3 Å². The van der Waals surface area contributed by atoms with Gasteiger partial charge < -0.3 is 16.2 Å². The van der Waals surface area contributed by atoms with Gasteiger partial charge in [0, 0.05) is 19.0 Å². The van der Waals surface area contributed by atoms with Crippen molar-refractivity contribution in [2.45, 2.75) is 58.1 Å². The summed E-state index contributed by atoms with van der Waals surface area (Å²) in [5.74, 6) is 0.784. The highest BCUT2D eigenvalue weighted by atomic mass is 16.3. The molecule has 100 valence electrons. The van der Waals surface area contributed by atoms with Gasteiger partial charge in [0.1, 0.15) is 0 Å². The number of nitrogens with two attached hydrogens (primary N) is 1. The van der Waals surface area contributed by atoms with Crippen LogP contribution in [0.3, 0.4) is 0 Å². The van der Waals surface area contributed by atoms with Crippen LogP contribution in [0, 0.1) is 11.8 Å². The van der Waals surface area contributed by atoms with Crippen LogP contribution < -0.4 is 11.1 Å². The number of carbonyl (C=O) groups excluding carboxylic acids is 1. The summed E-state index contributed by atoms with van der Waals surface area (Å²) in [6.45, 7) is 4.47. The summed E-state index contributed by atoms with van der Waals surface area (Å²) in [4.78, 5) is 11.6. The first-order valence-corrected chi connectivity index (χ1v) is 6.78. The third-order valence-electron chi connectivity index (χ3n) is 3.75. The standard InChI is InChI=1S/C13H26N2O2/c1-3-9(4-2)12(16)8-15-13(17)7-11(14)10-5-6-10/h9-12,16H,3-8,14H2,1-2H3,(H,15,17). The van der Waals surface area contributed by atoms with Crippen LogP contribution in [-0.2, 0) is 4.79 Å². The van der Waals surface area contributed by atoms with Crippen LogP contribution in [-0.4, -0.2) is 29.7 Å². The van der Waals surface area contributed by atoms with E-state index >= 15 is 0 Å². The molecule has 1 rings (SSSR count). The minimum atomic E-state index is -0.439. The number of aliphatic hydroxyl groups is 1. The minimum Gasteiger partial charge on any atom is -0.391 e. The maximum absolute atomic E-state index is 11.6. The van der Waals surface area contributed by atoms with Crippen LogP contribution in [0.1, 0.15) is 46.0 Å². The van der Waals surface area contributed by atoms with Crippen molar-refractivity contribution in [3.05, 3.63) is 0 Å². The Morgan fingerprint density at radius 2 is 2.00 bits per heavy atom. The van der Waals surface area contributed by atoms with Crippen molar-refractivity contribution in [2.24, 2.45) is 17.6 Å². The Labute approximate surface area is 104 Å². The summed E-state index contributed by atoms with van der Waals surface area (Å²) in [6, 6.07) is 0.000269. The minimum absolute atomic E-state index is 0.000269. The van der Waals surface area contributed by atoms with Gasteiger partial charge >= 0.3 is 0 Å². The van der Waals surface area contributed by atoms with Gasteiger partial charge in [0.05, 0.1) is 6.10 Å². The van der Waals surface area contributed by atoms with Crippen molar-refractivity contribution >= 4 is 5.91 Å². The molecule has 1 saturated carbocycles. The summed E-state index contributed by atoms with van der Waals surface area (Å²) in [7, 11) is 0. The van der Waals surface area contributed by atoms with Gasteiger partial charge in [-0.15, -0.1) is 0 Å². The molecule has 0 aliphatic heterocycles. The lowest BCUT2D eigenvalue weighted by Crippen LogP contribution is -2.39. The Bertz CT molecular complexity index is 238. The van der Waals surface area contributed by atoms with E-state index in [2.05, 4.69) is 19.2 Å². The third-order valence-corrected chi connectivity index (χ3v) is 3.75. The molecular weight excluding hydrogens is 216 g/mol. The molecule has 1 fully saturated rings. The van der Waals surface area contributed by atoms with Crippen molar-refractivity contribution in [3.8, 4) is 0 Å². The second-order valence-corrected chi connectivity index (χ2v) is 5.15. The number of nitrogens with one attached hydrogen (secondary N) is 1. The van der Waals surface area contributed by atoms with Crippen LogP contribution in [0.5, 0.6) is 0 Å². The summed E-state index contributed by atoms with van der Waals surface area (Å²) in [6.07, 6.45) is 4.14. The molecule has 0 saturated heterocycles. The van der Waals surface area contributed by atoms with E-state index < -0.39 is 6.10 Å². The van der Waals surface area contributed by atoms with Crippen LogP contribution in [0.15, 0.2) is 0 Å². The van der Waals surface area contributed by atoms with Gasteiger partial charge in [-0.1, -0.05) is 26.7 Å². The molecule has 4 N–H and O–H groups in total. The van der Waals surface area contributed by atoms with Crippen LogP contribution in [0.25, 0.3) is 0 Å². The predicted octanol–water partition coefficient (Wildman–Crippen LogP) is 1.03. The molecule has 0 heterocycles. The highest BCUT2D eigenvalue weighted by Crippen LogP contribution is 2.32. The number of rotatable bonds is 8. The third kappa shape index (κ3) is 5.04. The molecule has 0 spiro atoms. The first kappa shape index (κ1) is 14.5. The molecule has 2 atom stereocenters. The fourth-order valence-electron chi connectivity index (χ4n) is 2.20. The maximum Gasteiger partial charge on any atom is 0.221 e. The molecule has 1 aliphatic rings. The second-order valence-electron chi connectivity index (χ2n) is 5.15. The average Bonchev–Trinajstić information content (AvgIpc) is 3.11. The molecule has 0 radical (unpaired) electrons. The van der Waals surface area contributed by atoms with E-state index in [0.29, 0.717) is 18.9 Å². The second kappa shape index (κ2) is 6.97. The van der Waals surface area contributed by atoms with Gasteiger partial charge in [-0.05, 0) is 24.7 Å². The van der Waals surface area contributed by atoms with Crippen molar-refractivity contribution in [1.29, 1.82) is 0 Å². The molecule has 4 heteroatoms. The Balaban J connectivity index is 2.17. The van der Waals surface area contributed by atoms with Crippen molar-refractivity contribution in [3.63, 3.8) is 0 Å². The number of amides is 1. The maximum atomic E-state index is 11.6. The summed E-state index contributed by atoms with van der Waals surface area (Å²) < 4.78 is 0. The Kier molecular flexibility index (Phi) is 5.92. The summed E-state index contributed by atoms with van der Waals surface area (Å²) >= 11 is 0. The van der Waals surface area contributed by atoms with Gasteiger partial charge in [-0.3, -0.25) is 4.79 Å². The molecule has 17 heavy (non-hydrogen) atoms. The van der Waals surface area contributed by atoms with Gasteiger partial charge in [0.25, 0.3) is 0 Å². The van der Waals surface area contributed by atoms with E-state index in [4.69, 9.17) is 5.73 Å². The fraction of sp³-hybridized carbons (Fsp3) is 0.923. The van der Waals surface area contributed by atoms with Crippen molar-refractivity contribution < 1.29 is 9.90 Å². The number of hydrogen-bond donors (Lipinski definition) is 3. The number of carbonyl (C=O) groups is 1. The fourth-order valence-corrected chi connectivity index (χ4v) is 2.20. The van der Waals surface area contributed by atoms with E-state index in [1.807, 2.05) is 0 Å². The first-order valence-electron chi connectivity index (χ1n) is 6.78. The molecule has 0 aromatic rings. The van der Waals surface area contributed by atoms with Gasteiger partial charge in [-0.2, -0.15) is 0 Å².